The molecule has 0 unspecified atom stereocenters. The third-order valence-electron chi connectivity index (χ3n) is 6.64. The predicted octanol–water partition coefficient (Wildman–Crippen LogP) is 9.81. The molecule has 6 heteroatoms. The quantitative estimate of drug-likeness (QED) is 0.133. The Morgan fingerprint density at radius 3 is 1.77 bits per heavy atom. The summed E-state index contributed by atoms with van der Waals surface area (Å²) in [4.78, 5) is 0. The van der Waals surface area contributed by atoms with Gasteiger partial charge in [-0.25, -0.2) is 13.2 Å². The largest absolute Gasteiger partial charge is 0.490 e. The lowest BCUT2D eigenvalue weighted by atomic mass is 9.98. The molecule has 0 saturated heterocycles. The Morgan fingerprint density at radius 1 is 0.564 bits per heavy atom. The van der Waals surface area contributed by atoms with E-state index in [1.54, 1.807) is 42.5 Å². The lowest BCUT2D eigenvalue weighted by Crippen LogP contribution is -2.05. The molecule has 4 rings (SSSR count). The minimum absolute atomic E-state index is 0.0479. The Hall–Kier alpha value is -3.80. The topological polar surface area (TPSA) is 18.5 Å². The number of unbranched alkanes of at least 4 members (excludes halogenated alkanes) is 4. The summed E-state index contributed by atoms with van der Waals surface area (Å²) in [5.74, 6) is -3.64. The second-order valence-corrected chi connectivity index (χ2v) is 9.58. The van der Waals surface area contributed by atoms with Crippen molar-refractivity contribution in [2.75, 3.05) is 6.61 Å². The molecule has 4 aromatic rings. The van der Waals surface area contributed by atoms with Gasteiger partial charge in [0.05, 0.1) is 6.61 Å². The van der Waals surface area contributed by atoms with Gasteiger partial charge in [-0.3, -0.25) is 0 Å². The highest BCUT2D eigenvalue weighted by atomic mass is 19.2. The molecule has 0 bridgehead atoms. The number of ether oxygens (including phenoxy) is 2. The van der Waals surface area contributed by atoms with E-state index in [1.165, 1.54) is 18.2 Å². The monoisotopic (exact) mass is 536 g/mol. The highest BCUT2D eigenvalue weighted by Gasteiger charge is 2.17. The first-order chi connectivity index (χ1) is 18.9. The lowest BCUT2D eigenvalue weighted by Gasteiger charge is -2.12. The molecule has 4 aromatic carbocycles. The Labute approximate surface area is 227 Å². The molecular weight excluding hydrogens is 504 g/mol. The lowest BCUT2D eigenvalue weighted by molar-refractivity contribution is 0.276. The zero-order valence-corrected chi connectivity index (χ0v) is 22.2. The molecule has 2 nitrogen and oxygen atoms in total. The molecule has 0 heterocycles. The van der Waals surface area contributed by atoms with E-state index in [0.29, 0.717) is 23.5 Å². The highest BCUT2D eigenvalue weighted by Crippen LogP contribution is 2.32. The van der Waals surface area contributed by atoms with Crippen molar-refractivity contribution in [3.05, 3.63) is 107 Å². The number of hydrogen-bond donors (Lipinski definition) is 0. The van der Waals surface area contributed by atoms with Gasteiger partial charge < -0.3 is 9.47 Å². The fourth-order valence-corrected chi connectivity index (χ4v) is 4.30. The molecule has 204 valence electrons. The Kier molecular flexibility index (Phi) is 9.64. The highest BCUT2D eigenvalue weighted by molar-refractivity contribution is 5.72. The van der Waals surface area contributed by atoms with Crippen LogP contribution in [0.15, 0.2) is 72.8 Å². The molecule has 0 spiro atoms. The van der Waals surface area contributed by atoms with Crippen molar-refractivity contribution in [1.29, 1.82) is 0 Å². The molecule has 0 saturated carbocycles. The smallest absolute Gasteiger partial charge is 0.201 e. The summed E-state index contributed by atoms with van der Waals surface area (Å²) in [6, 6.07) is 19.5. The van der Waals surface area contributed by atoms with Crippen LogP contribution in [-0.4, -0.2) is 6.61 Å². The Morgan fingerprint density at radius 2 is 1.15 bits per heavy atom. The average Bonchev–Trinajstić information content (AvgIpc) is 2.95. The zero-order valence-electron chi connectivity index (χ0n) is 22.2. The Balaban J connectivity index is 1.38. The standard InChI is InChI=1S/C33H32F4O2/c1-3-4-5-6-7-20-38-29-19-14-25(30(34)33(29)37)21-39-26-15-12-24(13-16-26)28-18-17-27(31(35)32(28)36)23-10-8-22(2)9-11-23/h8-19H,3-7,20-21H2,1-2H3. The van der Waals surface area contributed by atoms with Crippen LogP contribution in [0.2, 0.25) is 0 Å². The molecule has 0 aliphatic carbocycles. The molecule has 0 amide bonds. The first kappa shape index (κ1) is 28.2. The van der Waals surface area contributed by atoms with Crippen LogP contribution in [-0.2, 0) is 6.61 Å². The predicted molar refractivity (Wildman–Crippen MR) is 147 cm³/mol. The van der Waals surface area contributed by atoms with E-state index in [4.69, 9.17) is 9.47 Å². The second kappa shape index (κ2) is 13.3. The van der Waals surface area contributed by atoms with Gasteiger partial charge in [-0.2, -0.15) is 4.39 Å². The first-order valence-corrected chi connectivity index (χ1v) is 13.3. The average molecular weight is 537 g/mol. The van der Waals surface area contributed by atoms with Gasteiger partial charge in [0.15, 0.2) is 23.2 Å². The van der Waals surface area contributed by atoms with Gasteiger partial charge >= 0.3 is 0 Å². The fourth-order valence-electron chi connectivity index (χ4n) is 4.30. The number of halogens is 4. The molecule has 0 atom stereocenters. The van der Waals surface area contributed by atoms with Crippen LogP contribution >= 0.6 is 0 Å². The molecule has 39 heavy (non-hydrogen) atoms. The molecule has 0 aliphatic heterocycles. The van der Waals surface area contributed by atoms with E-state index in [2.05, 4.69) is 6.92 Å². The van der Waals surface area contributed by atoms with Crippen LogP contribution in [0.5, 0.6) is 11.5 Å². The van der Waals surface area contributed by atoms with Crippen LogP contribution in [0, 0.1) is 30.2 Å². The van der Waals surface area contributed by atoms with Crippen LogP contribution < -0.4 is 9.47 Å². The van der Waals surface area contributed by atoms with E-state index in [0.717, 1.165) is 37.7 Å². The van der Waals surface area contributed by atoms with E-state index in [-0.39, 0.29) is 29.0 Å². The summed E-state index contributed by atoms with van der Waals surface area (Å²) in [5, 5.41) is 0. The van der Waals surface area contributed by atoms with Crippen molar-refractivity contribution in [3.63, 3.8) is 0 Å². The van der Waals surface area contributed by atoms with E-state index >= 15 is 0 Å². The molecule has 0 radical (unpaired) electrons. The molecule has 0 aliphatic rings. The summed E-state index contributed by atoms with van der Waals surface area (Å²) in [6.07, 6.45) is 5.16. The first-order valence-electron chi connectivity index (χ1n) is 13.3. The summed E-state index contributed by atoms with van der Waals surface area (Å²) >= 11 is 0. The summed E-state index contributed by atoms with van der Waals surface area (Å²) in [7, 11) is 0. The molecule has 0 N–H and O–H groups in total. The maximum atomic E-state index is 15.0. The summed E-state index contributed by atoms with van der Waals surface area (Å²) < 4.78 is 69.9. The van der Waals surface area contributed by atoms with Crippen molar-refractivity contribution < 1.29 is 27.0 Å². The number of aryl methyl sites for hydroxylation is 1. The van der Waals surface area contributed by atoms with Crippen molar-refractivity contribution in [1.82, 2.24) is 0 Å². The van der Waals surface area contributed by atoms with Crippen LogP contribution in [0.3, 0.4) is 0 Å². The third kappa shape index (κ3) is 6.99. The van der Waals surface area contributed by atoms with Crippen molar-refractivity contribution in [3.8, 4) is 33.8 Å². The second-order valence-electron chi connectivity index (χ2n) is 9.58. The minimum atomic E-state index is -1.04. The van der Waals surface area contributed by atoms with Crippen LogP contribution in [0.4, 0.5) is 17.6 Å². The van der Waals surface area contributed by atoms with Gasteiger partial charge in [0.2, 0.25) is 5.82 Å². The number of benzene rings is 4. The van der Waals surface area contributed by atoms with Gasteiger partial charge in [0.25, 0.3) is 0 Å². The summed E-state index contributed by atoms with van der Waals surface area (Å²) in [6.45, 7) is 4.19. The SMILES string of the molecule is CCCCCCCOc1ccc(COc2ccc(-c3ccc(-c4ccc(C)cc4)c(F)c3F)cc2)c(F)c1F. The van der Waals surface area contributed by atoms with Crippen molar-refractivity contribution in [2.24, 2.45) is 0 Å². The van der Waals surface area contributed by atoms with Crippen molar-refractivity contribution in [2.45, 2.75) is 52.6 Å². The van der Waals surface area contributed by atoms with E-state index in [1.807, 2.05) is 19.1 Å². The third-order valence-corrected chi connectivity index (χ3v) is 6.64. The minimum Gasteiger partial charge on any atom is -0.490 e. The zero-order chi connectivity index (χ0) is 27.8. The molecule has 0 aromatic heterocycles. The fraction of sp³-hybridized carbons (Fsp3) is 0.273. The van der Waals surface area contributed by atoms with E-state index < -0.39 is 23.3 Å². The maximum Gasteiger partial charge on any atom is 0.201 e. The van der Waals surface area contributed by atoms with Crippen molar-refractivity contribution >= 4 is 0 Å². The number of hydrogen-bond acceptors (Lipinski definition) is 2. The molecular formula is C33H32F4O2. The van der Waals surface area contributed by atoms with Crippen LogP contribution in [0.1, 0.15) is 50.2 Å². The van der Waals surface area contributed by atoms with Gasteiger partial charge in [-0.1, -0.05) is 86.7 Å². The van der Waals surface area contributed by atoms with Gasteiger partial charge in [-0.05, 0) is 48.7 Å². The van der Waals surface area contributed by atoms with Gasteiger partial charge in [0, 0.05) is 16.7 Å². The maximum absolute atomic E-state index is 15.0. The van der Waals surface area contributed by atoms with E-state index in [9.17, 15) is 17.6 Å². The van der Waals surface area contributed by atoms with Gasteiger partial charge in [-0.15, -0.1) is 0 Å². The van der Waals surface area contributed by atoms with Crippen LogP contribution in [0.25, 0.3) is 22.3 Å². The van der Waals surface area contributed by atoms with Gasteiger partial charge in [0.1, 0.15) is 12.4 Å². The molecule has 0 fully saturated rings. The Bertz CT molecular complexity index is 1380. The normalized spacial score (nSPS) is 11.0. The number of rotatable bonds is 12. The summed E-state index contributed by atoms with van der Waals surface area (Å²) in [5.41, 5.74) is 2.44.